The van der Waals surface area contributed by atoms with Crippen LogP contribution in [0.25, 0.3) is 0 Å². The van der Waals surface area contributed by atoms with Crippen molar-refractivity contribution in [1.82, 2.24) is 10.2 Å². The van der Waals surface area contributed by atoms with Crippen LogP contribution in [-0.4, -0.2) is 43.1 Å². The summed E-state index contributed by atoms with van der Waals surface area (Å²) >= 11 is 0. The second-order valence-electron chi connectivity index (χ2n) is 6.67. The molecule has 1 fully saturated rings. The van der Waals surface area contributed by atoms with Crippen molar-refractivity contribution in [3.05, 3.63) is 29.8 Å². The molecule has 0 heterocycles. The molecule has 1 amide bonds. The summed E-state index contributed by atoms with van der Waals surface area (Å²) in [7, 11) is 1.98. The Morgan fingerprint density at radius 2 is 2.09 bits per heavy atom. The van der Waals surface area contributed by atoms with Crippen LogP contribution >= 0.6 is 0 Å². The van der Waals surface area contributed by atoms with E-state index in [4.69, 9.17) is 4.74 Å². The first-order valence-corrected chi connectivity index (χ1v) is 8.76. The molecule has 1 aromatic carbocycles. The first-order chi connectivity index (χ1) is 11.1. The van der Waals surface area contributed by atoms with Crippen molar-refractivity contribution in [3.8, 4) is 5.75 Å². The summed E-state index contributed by atoms with van der Waals surface area (Å²) in [6, 6.07) is 8.28. The predicted molar refractivity (Wildman–Crippen MR) is 93.8 cm³/mol. The number of aryl methyl sites for hydroxylation is 1. The van der Waals surface area contributed by atoms with E-state index in [0.29, 0.717) is 12.6 Å². The highest BCUT2D eigenvalue weighted by molar-refractivity contribution is 5.81. The Morgan fingerprint density at radius 1 is 1.35 bits per heavy atom. The highest BCUT2D eigenvalue weighted by Gasteiger charge is 2.22. The Morgan fingerprint density at radius 3 is 2.78 bits per heavy atom. The number of carbonyl (C=O) groups is 1. The molecule has 0 aromatic heterocycles. The molecule has 1 atom stereocenters. The van der Waals surface area contributed by atoms with Gasteiger partial charge in [-0.25, -0.2) is 0 Å². The van der Waals surface area contributed by atoms with Crippen molar-refractivity contribution in [2.75, 3.05) is 20.2 Å². The fraction of sp³-hybridized carbons (Fsp3) is 0.632. The molecular formula is C19H30N2O2. The van der Waals surface area contributed by atoms with Gasteiger partial charge in [-0.15, -0.1) is 0 Å². The van der Waals surface area contributed by atoms with Gasteiger partial charge in [-0.3, -0.25) is 9.69 Å². The Balaban J connectivity index is 1.71. The van der Waals surface area contributed by atoms with Crippen molar-refractivity contribution >= 4 is 5.91 Å². The van der Waals surface area contributed by atoms with Gasteiger partial charge in [0, 0.05) is 12.6 Å². The normalized spacial score (nSPS) is 17.0. The van der Waals surface area contributed by atoms with Crippen molar-refractivity contribution in [2.45, 2.75) is 58.0 Å². The molecule has 1 aliphatic rings. The highest BCUT2D eigenvalue weighted by Crippen LogP contribution is 2.17. The van der Waals surface area contributed by atoms with Crippen molar-refractivity contribution < 1.29 is 9.53 Å². The molecule has 0 bridgehead atoms. The molecule has 1 aromatic rings. The third-order valence-corrected chi connectivity index (χ3v) is 4.69. The van der Waals surface area contributed by atoms with E-state index in [-0.39, 0.29) is 11.9 Å². The lowest BCUT2D eigenvalue weighted by atomic mass is 9.95. The number of rotatable bonds is 7. The van der Waals surface area contributed by atoms with Crippen molar-refractivity contribution in [3.63, 3.8) is 0 Å². The first-order valence-electron chi connectivity index (χ1n) is 8.76. The maximum atomic E-state index is 12.3. The van der Waals surface area contributed by atoms with E-state index in [0.717, 1.165) is 25.1 Å². The quantitative estimate of drug-likeness (QED) is 0.840. The van der Waals surface area contributed by atoms with Crippen LogP contribution in [0.15, 0.2) is 24.3 Å². The summed E-state index contributed by atoms with van der Waals surface area (Å²) in [5.41, 5.74) is 1.19. The summed E-state index contributed by atoms with van der Waals surface area (Å²) in [4.78, 5) is 14.4. The van der Waals surface area contributed by atoms with E-state index < -0.39 is 0 Å². The van der Waals surface area contributed by atoms with Gasteiger partial charge in [-0.05, 0) is 51.4 Å². The van der Waals surface area contributed by atoms with Gasteiger partial charge < -0.3 is 10.1 Å². The fourth-order valence-electron chi connectivity index (χ4n) is 2.98. The van der Waals surface area contributed by atoms with E-state index in [1.807, 2.05) is 37.1 Å². The topological polar surface area (TPSA) is 41.6 Å². The number of likely N-dealkylation sites (N-methyl/N-ethyl adjacent to an activating group) is 1. The van der Waals surface area contributed by atoms with E-state index in [2.05, 4.69) is 18.3 Å². The maximum Gasteiger partial charge on any atom is 0.237 e. The van der Waals surface area contributed by atoms with Crippen molar-refractivity contribution in [1.29, 1.82) is 0 Å². The number of amides is 1. The zero-order chi connectivity index (χ0) is 16.7. The molecule has 0 saturated heterocycles. The van der Waals surface area contributed by atoms with Gasteiger partial charge in [0.05, 0.1) is 6.04 Å². The van der Waals surface area contributed by atoms with Crippen LogP contribution in [0.3, 0.4) is 0 Å². The lowest BCUT2D eigenvalue weighted by Crippen LogP contribution is -2.48. The molecule has 0 radical (unpaired) electrons. The number of hydrogen-bond donors (Lipinski definition) is 1. The Bertz CT molecular complexity index is 498. The highest BCUT2D eigenvalue weighted by atomic mass is 16.5. The molecule has 128 valence electrons. The molecule has 23 heavy (non-hydrogen) atoms. The van der Waals surface area contributed by atoms with Crippen LogP contribution < -0.4 is 10.1 Å². The standard InChI is InChI=1S/C19H30N2O2/c1-15-8-7-11-18(14-15)23-13-12-21(3)16(2)19(22)20-17-9-5-4-6-10-17/h7-8,11,14,16-17H,4-6,9-10,12-13H2,1-3H3,(H,20,22)/t16-/m0/s1. The van der Waals surface area contributed by atoms with Crippen LogP contribution in [0.2, 0.25) is 0 Å². The Kier molecular flexibility index (Phi) is 6.90. The lowest BCUT2D eigenvalue weighted by molar-refractivity contribution is -0.126. The Hall–Kier alpha value is -1.55. The van der Waals surface area contributed by atoms with Gasteiger partial charge in [-0.1, -0.05) is 31.4 Å². The monoisotopic (exact) mass is 318 g/mol. The molecule has 4 nitrogen and oxygen atoms in total. The average Bonchev–Trinajstić information content (AvgIpc) is 2.55. The summed E-state index contributed by atoms with van der Waals surface area (Å²) in [5, 5.41) is 3.19. The number of nitrogens with one attached hydrogen (secondary N) is 1. The molecule has 1 aliphatic carbocycles. The zero-order valence-corrected chi connectivity index (χ0v) is 14.7. The maximum absolute atomic E-state index is 12.3. The summed E-state index contributed by atoms with van der Waals surface area (Å²) in [6.07, 6.45) is 6.02. The minimum Gasteiger partial charge on any atom is -0.492 e. The summed E-state index contributed by atoms with van der Waals surface area (Å²) in [5.74, 6) is 1.02. The van der Waals surface area contributed by atoms with Gasteiger partial charge in [0.25, 0.3) is 0 Å². The number of carbonyl (C=O) groups excluding carboxylic acids is 1. The van der Waals surface area contributed by atoms with E-state index >= 15 is 0 Å². The molecule has 2 rings (SSSR count). The van der Waals surface area contributed by atoms with E-state index in [9.17, 15) is 4.79 Å². The minimum atomic E-state index is -0.127. The number of ether oxygens (including phenoxy) is 1. The van der Waals surface area contributed by atoms with E-state index in [1.54, 1.807) is 0 Å². The molecule has 1 N–H and O–H groups in total. The number of hydrogen-bond acceptors (Lipinski definition) is 3. The van der Waals surface area contributed by atoms with Gasteiger partial charge in [0.1, 0.15) is 12.4 Å². The van der Waals surface area contributed by atoms with Crippen LogP contribution in [0, 0.1) is 6.92 Å². The summed E-state index contributed by atoms with van der Waals surface area (Å²) < 4.78 is 5.76. The minimum absolute atomic E-state index is 0.127. The van der Waals surface area contributed by atoms with Crippen LogP contribution in [0.4, 0.5) is 0 Å². The van der Waals surface area contributed by atoms with Crippen LogP contribution in [0.5, 0.6) is 5.75 Å². The second-order valence-corrected chi connectivity index (χ2v) is 6.67. The number of nitrogens with zero attached hydrogens (tertiary/aromatic N) is 1. The number of benzene rings is 1. The van der Waals surface area contributed by atoms with Crippen LogP contribution in [-0.2, 0) is 4.79 Å². The molecule has 0 spiro atoms. The van der Waals surface area contributed by atoms with E-state index in [1.165, 1.54) is 24.8 Å². The van der Waals surface area contributed by atoms with Gasteiger partial charge in [0.15, 0.2) is 0 Å². The molecular weight excluding hydrogens is 288 g/mol. The fourth-order valence-corrected chi connectivity index (χ4v) is 2.98. The average molecular weight is 318 g/mol. The predicted octanol–water partition coefficient (Wildman–Crippen LogP) is 3.14. The second kappa shape index (κ2) is 8.92. The van der Waals surface area contributed by atoms with Crippen LogP contribution in [0.1, 0.15) is 44.6 Å². The first kappa shape index (κ1) is 17.8. The SMILES string of the molecule is Cc1cccc(OCCN(C)[C@@H](C)C(=O)NC2CCCCC2)c1. The van der Waals surface area contributed by atoms with Gasteiger partial charge in [0.2, 0.25) is 5.91 Å². The third-order valence-electron chi connectivity index (χ3n) is 4.69. The lowest BCUT2D eigenvalue weighted by Gasteiger charge is -2.28. The van der Waals surface area contributed by atoms with Gasteiger partial charge in [-0.2, -0.15) is 0 Å². The Labute approximate surface area is 140 Å². The van der Waals surface area contributed by atoms with Crippen molar-refractivity contribution in [2.24, 2.45) is 0 Å². The smallest absolute Gasteiger partial charge is 0.237 e. The van der Waals surface area contributed by atoms with Gasteiger partial charge >= 0.3 is 0 Å². The molecule has 1 saturated carbocycles. The molecule has 4 heteroatoms. The molecule has 0 unspecified atom stereocenters. The molecule has 0 aliphatic heterocycles. The zero-order valence-electron chi connectivity index (χ0n) is 14.7. The summed E-state index contributed by atoms with van der Waals surface area (Å²) in [6.45, 7) is 5.33. The largest absolute Gasteiger partial charge is 0.492 e. The third kappa shape index (κ3) is 5.87.